The van der Waals surface area contributed by atoms with Crippen molar-refractivity contribution in [1.82, 2.24) is 15.4 Å². The van der Waals surface area contributed by atoms with Crippen LogP contribution in [0.15, 0.2) is 58.0 Å². The smallest absolute Gasteiger partial charge is 0.266 e. The quantitative estimate of drug-likeness (QED) is 0.355. The predicted octanol–water partition coefficient (Wildman–Crippen LogP) is 4.03. The molecule has 2 atom stereocenters. The van der Waals surface area contributed by atoms with Crippen molar-refractivity contribution < 1.29 is 13.3 Å². The van der Waals surface area contributed by atoms with Gasteiger partial charge in [0, 0.05) is 39.8 Å². The molecule has 0 radical (unpaired) electrons. The minimum absolute atomic E-state index is 0.131. The van der Waals surface area contributed by atoms with E-state index in [4.69, 9.17) is 0 Å². The molecule has 35 heavy (non-hydrogen) atoms. The first-order chi connectivity index (χ1) is 16.9. The zero-order valence-corrected chi connectivity index (χ0v) is 21.8. The summed E-state index contributed by atoms with van der Waals surface area (Å²) in [4.78, 5) is 13.4. The number of thioether (sulfide) groups is 2. The number of sulfonamides is 1. The summed E-state index contributed by atoms with van der Waals surface area (Å²) in [5.74, 6) is 1.34. The average molecular weight is 535 g/mol. The van der Waals surface area contributed by atoms with Crippen molar-refractivity contribution in [2.45, 2.75) is 60.2 Å². The average Bonchev–Trinajstić information content (AvgIpc) is 3.18. The molecule has 5 rings (SSSR count). The van der Waals surface area contributed by atoms with E-state index in [0.29, 0.717) is 12.6 Å². The van der Waals surface area contributed by atoms with Crippen molar-refractivity contribution in [2.75, 3.05) is 12.3 Å². The van der Waals surface area contributed by atoms with E-state index in [0.717, 1.165) is 37.9 Å². The third kappa shape index (κ3) is 5.64. The fourth-order valence-corrected chi connectivity index (χ4v) is 9.03. The highest BCUT2D eigenvalue weighted by atomic mass is 32.2. The highest BCUT2D eigenvalue weighted by molar-refractivity contribution is 8.04. The van der Waals surface area contributed by atoms with Gasteiger partial charge in [0.25, 0.3) is 5.70 Å². The highest BCUT2D eigenvalue weighted by Crippen LogP contribution is 2.43. The molecule has 2 unspecified atom stereocenters. The Morgan fingerprint density at radius 1 is 1.17 bits per heavy atom. The van der Waals surface area contributed by atoms with Crippen LogP contribution in [-0.2, 0) is 10.0 Å². The lowest BCUT2D eigenvalue weighted by Crippen LogP contribution is -2.45. The van der Waals surface area contributed by atoms with Crippen LogP contribution in [-0.4, -0.2) is 42.4 Å². The molecular formula is C24H30N4O4S3. The largest absolute Gasteiger partial charge is 0.360 e. The summed E-state index contributed by atoms with van der Waals surface area (Å²) in [6.07, 6.45) is 9.50. The maximum absolute atomic E-state index is 12.8. The molecule has 1 fully saturated rings. The van der Waals surface area contributed by atoms with Crippen LogP contribution in [0.5, 0.6) is 0 Å². The molecule has 0 saturated heterocycles. The molecule has 1 saturated carbocycles. The lowest BCUT2D eigenvalue weighted by Gasteiger charge is -2.31. The fourth-order valence-electron chi connectivity index (χ4n) is 5.13. The Bertz CT molecular complexity index is 1170. The minimum atomic E-state index is -3.80. The predicted molar refractivity (Wildman–Crippen MR) is 142 cm³/mol. The number of nitrogens with zero attached hydrogens (tertiary/aromatic N) is 1. The van der Waals surface area contributed by atoms with Crippen LogP contribution in [0.25, 0.3) is 5.70 Å². The third-order valence-corrected chi connectivity index (χ3v) is 11.0. The molecule has 0 amide bonds. The molecule has 0 bridgehead atoms. The van der Waals surface area contributed by atoms with E-state index < -0.39 is 20.2 Å². The molecule has 1 aromatic carbocycles. The molecule has 1 aromatic rings. The van der Waals surface area contributed by atoms with Gasteiger partial charge in [-0.2, -0.15) is 0 Å². The second-order valence-corrected chi connectivity index (χ2v) is 13.6. The zero-order valence-electron chi connectivity index (χ0n) is 19.3. The second-order valence-electron chi connectivity index (χ2n) is 9.31. The van der Waals surface area contributed by atoms with Gasteiger partial charge in [-0.3, -0.25) is 15.4 Å². The molecule has 4 aliphatic rings. The summed E-state index contributed by atoms with van der Waals surface area (Å²) in [5.41, 5.74) is 2.45. The maximum Gasteiger partial charge on any atom is 0.266 e. The van der Waals surface area contributed by atoms with Crippen molar-refractivity contribution in [3.63, 3.8) is 0 Å². The Hall–Kier alpha value is -1.79. The first-order valence-corrected chi connectivity index (χ1v) is 15.5. The van der Waals surface area contributed by atoms with Gasteiger partial charge in [0.2, 0.25) is 10.0 Å². The van der Waals surface area contributed by atoms with Crippen LogP contribution in [0.2, 0.25) is 0 Å². The Morgan fingerprint density at radius 3 is 2.77 bits per heavy atom. The Kier molecular flexibility index (Phi) is 7.59. The van der Waals surface area contributed by atoms with Gasteiger partial charge in [-0.15, -0.1) is 11.8 Å². The maximum atomic E-state index is 12.8. The monoisotopic (exact) mass is 534 g/mol. The summed E-state index contributed by atoms with van der Waals surface area (Å²) >= 11 is 3.80. The van der Waals surface area contributed by atoms with Crippen molar-refractivity contribution in [3.8, 4) is 0 Å². The first-order valence-electron chi connectivity index (χ1n) is 12.0. The van der Waals surface area contributed by atoms with Crippen LogP contribution in [0.3, 0.4) is 0 Å². The Labute approximate surface area is 214 Å². The number of benzene rings is 1. The van der Waals surface area contributed by atoms with Crippen molar-refractivity contribution in [1.29, 1.82) is 0 Å². The number of rotatable bonds is 7. The minimum Gasteiger partial charge on any atom is -0.360 e. The van der Waals surface area contributed by atoms with E-state index in [-0.39, 0.29) is 23.5 Å². The summed E-state index contributed by atoms with van der Waals surface area (Å²) in [6, 6.07) is 8.96. The van der Waals surface area contributed by atoms with Crippen LogP contribution in [0.4, 0.5) is 0 Å². The lowest BCUT2D eigenvalue weighted by atomic mass is 9.86. The summed E-state index contributed by atoms with van der Waals surface area (Å²) in [7, 11) is -3.80. The van der Waals surface area contributed by atoms with E-state index in [1.54, 1.807) is 12.2 Å². The summed E-state index contributed by atoms with van der Waals surface area (Å²) < 4.78 is 28.2. The van der Waals surface area contributed by atoms with Crippen LogP contribution in [0.1, 0.15) is 44.1 Å². The number of hydrogen-bond acceptors (Lipinski definition) is 8. The summed E-state index contributed by atoms with van der Waals surface area (Å²) in [5, 5.41) is 17.6. The molecule has 2 aliphatic carbocycles. The van der Waals surface area contributed by atoms with Crippen molar-refractivity contribution in [2.24, 2.45) is 5.92 Å². The molecule has 188 valence electrons. The van der Waals surface area contributed by atoms with Gasteiger partial charge in [0.05, 0.1) is 10.6 Å². The number of nitrogens with one attached hydrogen (secondary N) is 3. The van der Waals surface area contributed by atoms with Crippen LogP contribution < -0.4 is 15.4 Å². The van der Waals surface area contributed by atoms with E-state index in [9.17, 15) is 18.5 Å². The highest BCUT2D eigenvalue weighted by Gasteiger charge is 2.37. The topological polar surface area (TPSA) is 113 Å². The van der Waals surface area contributed by atoms with Crippen molar-refractivity contribution >= 4 is 39.2 Å². The SMILES string of the molecule is O=[N+]([O-])C1=CC=CCC1S(=O)(=O)NCC1CCC(NC2NC3=C(CCSc4ccccc43)S2)CC1. The number of fused-ring (bicyclic) bond motifs is 2. The van der Waals surface area contributed by atoms with E-state index in [1.807, 2.05) is 23.5 Å². The van der Waals surface area contributed by atoms with Gasteiger partial charge < -0.3 is 5.32 Å². The lowest BCUT2D eigenvalue weighted by molar-refractivity contribution is -0.427. The summed E-state index contributed by atoms with van der Waals surface area (Å²) in [6.45, 7) is 0.334. The molecule has 0 aromatic heterocycles. The number of nitro groups is 1. The standard InChI is InChI=1S/C24H30N4O4S3/c29-28(30)19-6-2-4-8-22(19)35(31,32)25-15-16-9-11-17(12-10-16)26-24-27-23-18-5-1-3-7-20(18)33-14-13-21(23)34-24/h1-7,16-17,22,24-27H,8-15H2. The molecule has 8 nitrogen and oxygen atoms in total. The molecular weight excluding hydrogens is 504 g/mol. The van der Waals surface area contributed by atoms with Gasteiger partial charge >= 0.3 is 0 Å². The normalized spacial score (nSPS) is 28.5. The molecule has 11 heteroatoms. The van der Waals surface area contributed by atoms with Crippen molar-refractivity contribution in [3.05, 3.63) is 68.8 Å². The number of hydrogen-bond donors (Lipinski definition) is 3. The van der Waals surface area contributed by atoms with E-state index in [1.165, 1.54) is 27.1 Å². The van der Waals surface area contributed by atoms with Gasteiger partial charge in [0.1, 0.15) is 5.50 Å². The molecule has 2 aliphatic heterocycles. The second kappa shape index (κ2) is 10.7. The molecule has 2 heterocycles. The van der Waals surface area contributed by atoms with Crippen LogP contribution in [0, 0.1) is 16.0 Å². The number of allylic oxidation sites excluding steroid dienone is 4. The van der Waals surface area contributed by atoms with Gasteiger partial charge in [-0.1, -0.05) is 42.1 Å². The third-order valence-electron chi connectivity index (χ3n) is 7.03. The first kappa shape index (κ1) is 24.9. The molecule has 3 N–H and O–H groups in total. The zero-order chi connectivity index (χ0) is 24.4. The van der Waals surface area contributed by atoms with Gasteiger partial charge in [0.15, 0.2) is 5.25 Å². The van der Waals surface area contributed by atoms with E-state index >= 15 is 0 Å². The Balaban J connectivity index is 1.10. The van der Waals surface area contributed by atoms with Gasteiger partial charge in [-0.05, 0) is 50.5 Å². The van der Waals surface area contributed by atoms with Gasteiger partial charge in [-0.25, -0.2) is 13.1 Å². The fraction of sp³-hybridized carbons (Fsp3) is 0.500. The van der Waals surface area contributed by atoms with Crippen LogP contribution >= 0.6 is 23.5 Å². The Morgan fingerprint density at radius 2 is 1.97 bits per heavy atom. The molecule has 0 spiro atoms. The van der Waals surface area contributed by atoms with E-state index in [2.05, 4.69) is 39.6 Å².